The van der Waals surface area contributed by atoms with Crippen LogP contribution in [-0.2, 0) is 0 Å². The molecule has 14 heavy (non-hydrogen) atoms. The highest BCUT2D eigenvalue weighted by Crippen LogP contribution is 2.17. The van der Waals surface area contributed by atoms with Crippen LogP contribution in [0.1, 0.15) is 20.3 Å². The number of nitrogens with zero attached hydrogens (tertiary/aromatic N) is 2. The van der Waals surface area contributed by atoms with E-state index in [1.807, 2.05) is 6.92 Å². The fraction of sp³-hybridized carbons (Fsp3) is 0.545. The Labute approximate surface area is 86.0 Å². The van der Waals surface area contributed by atoms with Crippen LogP contribution in [0.15, 0.2) is 28.5 Å². The average Bonchev–Trinajstić information content (AvgIpc) is 2.09. The van der Waals surface area contributed by atoms with Crippen molar-refractivity contribution in [2.75, 3.05) is 20.1 Å². The van der Waals surface area contributed by atoms with E-state index in [2.05, 4.69) is 30.4 Å². The van der Waals surface area contributed by atoms with Crippen molar-refractivity contribution in [3.05, 3.63) is 23.5 Å². The van der Waals surface area contributed by atoms with Crippen molar-refractivity contribution >= 4 is 5.71 Å². The molecule has 3 heteroatoms. The van der Waals surface area contributed by atoms with Gasteiger partial charge in [0.25, 0.3) is 0 Å². The highest BCUT2D eigenvalue weighted by atomic mass is 15.1. The smallest absolute Gasteiger partial charge is 0.0598 e. The first-order valence-corrected chi connectivity index (χ1v) is 4.88. The number of rotatable bonds is 2. The van der Waals surface area contributed by atoms with Gasteiger partial charge in [-0.25, -0.2) is 0 Å². The Morgan fingerprint density at radius 1 is 1.57 bits per heavy atom. The molecular weight excluding hydrogens is 174 g/mol. The van der Waals surface area contributed by atoms with Gasteiger partial charge in [0.1, 0.15) is 0 Å². The van der Waals surface area contributed by atoms with Crippen molar-refractivity contribution in [3.8, 4) is 0 Å². The first kappa shape index (κ1) is 11.0. The summed E-state index contributed by atoms with van der Waals surface area (Å²) >= 11 is 0. The van der Waals surface area contributed by atoms with Crippen molar-refractivity contribution in [2.45, 2.75) is 20.3 Å². The first-order valence-electron chi connectivity index (χ1n) is 4.88. The van der Waals surface area contributed by atoms with E-state index in [0.717, 1.165) is 25.2 Å². The van der Waals surface area contributed by atoms with Crippen LogP contribution in [0.5, 0.6) is 0 Å². The highest BCUT2D eigenvalue weighted by Gasteiger charge is 2.12. The molecule has 0 unspecified atom stereocenters. The second-order valence-corrected chi connectivity index (χ2v) is 3.94. The minimum atomic E-state index is 0.559. The normalized spacial score (nSPS) is 20.1. The van der Waals surface area contributed by atoms with E-state index >= 15 is 0 Å². The zero-order chi connectivity index (χ0) is 10.7. The number of aliphatic imine (C=N–C) groups is 1. The summed E-state index contributed by atoms with van der Waals surface area (Å²) in [4.78, 5) is 6.79. The van der Waals surface area contributed by atoms with Gasteiger partial charge in [0, 0.05) is 30.9 Å². The largest absolute Gasteiger partial charge is 0.398 e. The van der Waals surface area contributed by atoms with Gasteiger partial charge < -0.3 is 10.6 Å². The maximum atomic E-state index is 5.57. The zero-order valence-corrected chi connectivity index (χ0v) is 9.30. The van der Waals surface area contributed by atoms with E-state index in [0.29, 0.717) is 5.70 Å². The van der Waals surface area contributed by atoms with Crippen molar-refractivity contribution in [1.82, 2.24) is 4.90 Å². The Balaban J connectivity index is 2.83. The molecule has 2 N–H and O–H groups in total. The van der Waals surface area contributed by atoms with Crippen LogP contribution < -0.4 is 5.73 Å². The second-order valence-electron chi connectivity index (χ2n) is 3.94. The minimum absolute atomic E-state index is 0.559. The molecule has 0 amide bonds. The lowest BCUT2D eigenvalue weighted by Crippen LogP contribution is -2.27. The first-order chi connectivity index (χ1) is 6.50. The summed E-state index contributed by atoms with van der Waals surface area (Å²) in [5, 5.41) is 0. The highest BCUT2D eigenvalue weighted by molar-refractivity contribution is 5.97. The van der Waals surface area contributed by atoms with E-state index in [-0.39, 0.29) is 0 Å². The van der Waals surface area contributed by atoms with Crippen LogP contribution in [0, 0.1) is 0 Å². The third-order valence-corrected chi connectivity index (χ3v) is 2.50. The Morgan fingerprint density at radius 3 is 2.71 bits per heavy atom. The molecule has 0 spiro atoms. The summed E-state index contributed by atoms with van der Waals surface area (Å²) in [5.74, 6) is 0. The molecule has 3 nitrogen and oxygen atoms in total. The summed E-state index contributed by atoms with van der Waals surface area (Å²) < 4.78 is 0. The van der Waals surface area contributed by atoms with E-state index in [1.54, 1.807) is 0 Å². The number of nitrogens with two attached hydrogens (primary N) is 1. The van der Waals surface area contributed by atoms with Gasteiger partial charge >= 0.3 is 0 Å². The van der Waals surface area contributed by atoms with Gasteiger partial charge in [-0.05, 0) is 26.5 Å². The van der Waals surface area contributed by atoms with E-state index in [9.17, 15) is 0 Å². The summed E-state index contributed by atoms with van der Waals surface area (Å²) in [6, 6.07) is 0. The van der Waals surface area contributed by atoms with Crippen LogP contribution in [-0.4, -0.2) is 30.7 Å². The predicted molar refractivity (Wildman–Crippen MR) is 61.3 cm³/mol. The zero-order valence-electron chi connectivity index (χ0n) is 9.30. The molecule has 0 bridgehead atoms. The molecule has 0 saturated heterocycles. The van der Waals surface area contributed by atoms with Crippen molar-refractivity contribution < 1.29 is 0 Å². The van der Waals surface area contributed by atoms with Gasteiger partial charge in [0.05, 0.1) is 5.71 Å². The quantitative estimate of drug-likeness (QED) is 0.676. The Hall–Kier alpha value is -1.09. The van der Waals surface area contributed by atoms with E-state index in [4.69, 9.17) is 5.73 Å². The summed E-state index contributed by atoms with van der Waals surface area (Å²) in [7, 11) is 2.12. The number of hydrogen-bond donors (Lipinski definition) is 1. The van der Waals surface area contributed by atoms with Gasteiger partial charge in [-0.3, -0.25) is 4.99 Å². The number of hydrogen-bond acceptors (Lipinski definition) is 3. The van der Waals surface area contributed by atoms with Crippen molar-refractivity contribution in [2.24, 2.45) is 10.7 Å². The molecule has 0 aromatic heterocycles. The minimum Gasteiger partial charge on any atom is -0.398 e. The molecule has 0 aromatic carbocycles. The monoisotopic (exact) mass is 193 g/mol. The predicted octanol–water partition coefficient (Wildman–Crippen LogP) is 1.53. The lowest BCUT2D eigenvalue weighted by molar-refractivity contribution is 0.347. The molecular formula is C11H19N3. The second kappa shape index (κ2) is 4.42. The van der Waals surface area contributed by atoms with Gasteiger partial charge in [-0.1, -0.05) is 6.58 Å². The number of likely N-dealkylation sites (N-methyl/N-ethyl adjacent to an activating group) is 1. The third-order valence-electron chi connectivity index (χ3n) is 2.50. The Morgan fingerprint density at radius 2 is 2.21 bits per heavy atom. The summed E-state index contributed by atoms with van der Waals surface area (Å²) in [5.41, 5.74) is 9.47. The van der Waals surface area contributed by atoms with Crippen LogP contribution in [0.2, 0.25) is 0 Å². The lowest BCUT2D eigenvalue weighted by Gasteiger charge is -2.24. The molecule has 1 aliphatic heterocycles. The third kappa shape index (κ3) is 2.70. The maximum absolute atomic E-state index is 5.57. The summed E-state index contributed by atoms with van der Waals surface area (Å²) in [6.07, 6.45) is 1.01. The van der Waals surface area contributed by atoms with Crippen LogP contribution in [0.4, 0.5) is 0 Å². The molecule has 1 heterocycles. The van der Waals surface area contributed by atoms with E-state index < -0.39 is 0 Å². The molecule has 0 radical (unpaired) electrons. The van der Waals surface area contributed by atoms with Crippen LogP contribution >= 0.6 is 0 Å². The summed E-state index contributed by atoms with van der Waals surface area (Å²) in [6.45, 7) is 9.78. The molecule has 1 rings (SSSR count). The fourth-order valence-corrected chi connectivity index (χ4v) is 1.51. The van der Waals surface area contributed by atoms with Gasteiger partial charge in [0.15, 0.2) is 0 Å². The van der Waals surface area contributed by atoms with Gasteiger partial charge in [-0.15, -0.1) is 0 Å². The standard InChI is InChI=1S/C11H19N3/c1-8-7-14(4)6-5-11(8)13-10(3)9(2)12/h2,5-7,12H2,1,3-4H3/b13-10+. The SMILES string of the molecule is C=C(N)/C(C)=N/C1=C(C)CN(C)CC1. The topological polar surface area (TPSA) is 41.6 Å². The van der Waals surface area contributed by atoms with E-state index in [1.165, 1.54) is 11.3 Å². The van der Waals surface area contributed by atoms with Gasteiger partial charge in [0.2, 0.25) is 0 Å². The van der Waals surface area contributed by atoms with Crippen LogP contribution in [0.3, 0.4) is 0 Å². The molecule has 0 aliphatic carbocycles. The molecule has 0 aromatic rings. The lowest BCUT2D eigenvalue weighted by atomic mass is 10.1. The Bertz CT molecular complexity index is 300. The van der Waals surface area contributed by atoms with Crippen molar-refractivity contribution in [3.63, 3.8) is 0 Å². The molecule has 0 atom stereocenters. The molecule has 1 aliphatic rings. The molecule has 0 saturated carbocycles. The fourth-order valence-electron chi connectivity index (χ4n) is 1.51. The number of allylic oxidation sites excluding steroid dienone is 1. The average molecular weight is 193 g/mol. The van der Waals surface area contributed by atoms with Crippen LogP contribution in [0.25, 0.3) is 0 Å². The maximum Gasteiger partial charge on any atom is 0.0598 e. The molecule has 78 valence electrons. The van der Waals surface area contributed by atoms with Gasteiger partial charge in [-0.2, -0.15) is 0 Å². The van der Waals surface area contributed by atoms with Crippen molar-refractivity contribution in [1.29, 1.82) is 0 Å². The molecule has 0 fully saturated rings. The Kier molecular flexibility index (Phi) is 3.47.